The SMILES string of the molecule is CC(=O)c1ccc(NCCc2ncn[nH]2)c([N+](=O)[O-])c1. The molecular weight excluding hydrogens is 262 g/mol. The molecule has 0 fully saturated rings. The van der Waals surface area contributed by atoms with Crippen LogP contribution in [-0.2, 0) is 6.42 Å². The number of nitro groups is 1. The minimum atomic E-state index is -0.511. The molecule has 0 saturated carbocycles. The molecule has 0 saturated heterocycles. The van der Waals surface area contributed by atoms with Crippen molar-refractivity contribution in [2.45, 2.75) is 13.3 Å². The Bertz CT molecular complexity index is 624. The number of nitrogens with zero attached hydrogens (tertiary/aromatic N) is 3. The third-order valence-corrected chi connectivity index (χ3v) is 2.74. The van der Waals surface area contributed by atoms with Crippen LogP contribution in [-0.4, -0.2) is 32.4 Å². The number of carbonyl (C=O) groups is 1. The summed E-state index contributed by atoms with van der Waals surface area (Å²) >= 11 is 0. The van der Waals surface area contributed by atoms with Gasteiger partial charge in [-0.2, -0.15) is 5.10 Å². The van der Waals surface area contributed by atoms with Crippen LogP contribution >= 0.6 is 0 Å². The van der Waals surface area contributed by atoms with Crippen LogP contribution in [0, 0.1) is 10.1 Å². The van der Waals surface area contributed by atoms with E-state index in [2.05, 4.69) is 20.5 Å². The molecule has 0 aliphatic rings. The van der Waals surface area contributed by atoms with E-state index in [-0.39, 0.29) is 11.5 Å². The Morgan fingerprint density at radius 2 is 2.30 bits per heavy atom. The number of hydrogen-bond acceptors (Lipinski definition) is 6. The number of rotatable bonds is 6. The van der Waals surface area contributed by atoms with Crippen molar-refractivity contribution < 1.29 is 9.72 Å². The summed E-state index contributed by atoms with van der Waals surface area (Å²) in [5.74, 6) is 0.488. The van der Waals surface area contributed by atoms with Crippen LogP contribution in [0.4, 0.5) is 11.4 Å². The highest BCUT2D eigenvalue weighted by atomic mass is 16.6. The molecule has 20 heavy (non-hydrogen) atoms. The van der Waals surface area contributed by atoms with Crippen LogP contribution in [0.2, 0.25) is 0 Å². The van der Waals surface area contributed by atoms with Crippen LogP contribution in [0.15, 0.2) is 24.5 Å². The highest BCUT2D eigenvalue weighted by Gasteiger charge is 2.15. The second-order valence-electron chi connectivity index (χ2n) is 4.15. The average molecular weight is 275 g/mol. The first-order valence-electron chi connectivity index (χ1n) is 5.95. The van der Waals surface area contributed by atoms with Crippen LogP contribution in [0.25, 0.3) is 0 Å². The molecule has 0 unspecified atom stereocenters. The Labute approximate surface area is 114 Å². The summed E-state index contributed by atoms with van der Waals surface area (Å²) in [6, 6.07) is 4.38. The number of Topliss-reactive ketones (excluding diaryl/α,β-unsaturated/α-hetero) is 1. The molecule has 2 aromatic rings. The zero-order chi connectivity index (χ0) is 14.5. The number of ketones is 1. The molecule has 2 rings (SSSR count). The van der Waals surface area contributed by atoms with E-state index in [0.717, 1.165) is 0 Å². The van der Waals surface area contributed by atoms with Gasteiger partial charge >= 0.3 is 0 Å². The topological polar surface area (TPSA) is 114 Å². The molecule has 0 aliphatic carbocycles. The first-order chi connectivity index (χ1) is 9.58. The molecule has 104 valence electrons. The first-order valence-corrected chi connectivity index (χ1v) is 5.95. The van der Waals surface area contributed by atoms with Crippen molar-refractivity contribution in [1.82, 2.24) is 15.2 Å². The van der Waals surface area contributed by atoms with Crippen LogP contribution in [0.3, 0.4) is 0 Å². The number of nitro benzene ring substituents is 1. The Morgan fingerprint density at radius 1 is 1.50 bits per heavy atom. The zero-order valence-corrected chi connectivity index (χ0v) is 10.8. The van der Waals surface area contributed by atoms with E-state index in [9.17, 15) is 14.9 Å². The molecule has 0 aliphatic heterocycles. The number of nitrogens with one attached hydrogen (secondary N) is 2. The third kappa shape index (κ3) is 3.16. The van der Waals surface area contributed by atoms with E-state index < -0.39 is 4.92 Å². The van der Waals surface area contributed by atoms with E-state index >= 15 is 0 Å². The molecule has 8 nitrogen and oxygen atoms in total. The summed E-state index contributed by atoms with van der Waals surface area (Å²) in [5, 5.41) is 20.4. The number of carbonyl (C=O) groups excluding carboxylic acids is 1. The number of hydrogen-bond donors (Lipinski definition) is 2. The van der Waals surface area contributed by atoms with Gasteiger partial charge in [-0.05, 0) is 19.1 Å². The van der Waals surface area contributed by atoms with Crippen molar-refractivity contribution >= 4 is 17.2 Å². The summed E-state index contributed by atoms with van der Waals surface area (Å²) in [6.45, 7) is 1.84. The van der Waals surface area contributed by atoms with Gasteiger partial charge < -0.3 is 5.32 Å². The minimum Gasteiger partial charge on any atom is -0.379 e. The van der Waals surface area contributed by atoms with Gasteiger partial charge in [-0.3, -0.25) is 20.0 Å². The van der Waals surface area contributed by atoms with Gasteiger partial charge in [0.15, 0.2) is 5.78 Å². The Morgan fingerprint density at radius 3 is 2.90 bits per heavy atom. The second-order valence-corrected chi connectivity index (χ2v) is 4.15. The molecule has 2 N–H and O–H groups in total. The summed E-state index contributed by atoms with van der Waals surface area (Å²) in [5.41, 5.74) is 0.576. The van der Waals surface area contributed by atoms with Gasteiger partial charge in [-0.15, -0.1) is 0 Å². The molecular formula is C12H13N5O3. The molecule has 8 heteroatoms. The van der Waals surface area contributed by atoms with Gasteiger partial charge in [-0.25, -0.2) is 4.98 Å². The Balaban J connectivity index is 2.10. The summed E-state index contributed by atoms with van der Waals surface area (Å²) < 4.78 is 0. The normalized spacial score (nSPS) is 10.2. The van der Waals surface area contributed by atoms with Gasteiger partial charge in [0.25, 0.3) is 5.69 Å². The predicted molar refractivity (Wildman–Crippen MR) is 71.7 cm³/mol. The Kier molecular flexibility index (Phi) is 4.04. The standard InChI is InChI=1S/C12H13N5O3/c1-8(18)9-2-3-10(11(6-9)17(19)20)13-5-4-12-14-7-15-16-12/h2-3,6-7,13H,4-5H2,1H3,(H,14,15,16). The maximum absolute atomic E-state index is 11.2. The minimum absolute atomic E-state index is 0.115. The fraction of sp³-hybridized carbons (Fsp3) is 0.250. The highest BCUT2D eigenvalue weighted by molar-refractivity contribution is 5.95. The maximum Gasteiger partial charge on any atom is 0.293 e. The van der Waals surface area contributed by atoms with E-state index in [1.807, 2.05) is 0 Å². The van der Waals surface area contributed by atoms with Gasteiger partial charge in [-0.1, -0.05) is 0 Å². The van der Waals surface area contributed by atoms with E-state index in [1.54, 1.807) is 6.07 Å². The lowest BCUT2D eigenvalue weighted by Crippen LogP contribution is -2.08. The van der Waals surface area contributed by atoms with E-state index in [4.69, 9.17) is 0 Å². The predicted octanol–water partition coefficient (Wildman–Crippen LogP) is 1.57. The molecule has 0 bridgehead atoms. The molecule has 1 aromatic carbocycles. The smallest absolute Gasteiger partial charge is 0.293 e. The third-order valence-electron chi connectivity index (χ3n) is 2.74. The Hall–Kier alpha value is -2.77. The van der Waals surface area contributed by atoms with Crippen LogP contribution in [0.1, 0.15) is 23.1 Å². The molecule has 0 amide bonds. The van der Waals surface area contributed by atoms with Gasteiger partial charge in [0.1, 0.15) is 17.8 Å². The number of H-pyrrole nitrogens is 1. The quantitative estimate of drug-likeness (QED) is 0.470. The highest BCUT2D eigenvalue weighted by Crippen LogP contribution is 2.25. The van der Waals surface area contributed by atoms with E-state index in [1.165, 1.54) is 25.4 Å². The number of benzene rings is 1. The number of anilines is 1. The summed E-state index contributed by atoms with van der Waals surface area (Å²) in [7, 11) is 0. The lowest BCUT2D eigenvalue weighted by Gasteiger charge is -2.07. The maximum atomic E-state index is 11.2. The lowest BCUT2D eigenvalue weighted by molar-refractivity contribution is -0.384. The van der Waals surface area contributed by atoms with Crippen molar-refractivity contribution in [2.24, 2.45) is 0 Å². The molecule has 0 atom stereocenters. The fourth-order valence-corrected chi connectivity index (χ4v) is 1.72. The van der Waals surface area contributed by atoms with Gasteiger partial charge in [0, 0.05) is 24.6 Å². The van der Waals surface area contributed by atoms with E-state index in [0.29, 0.717) is 30.0 Å². The zero-order valence-electron chi connectivity index (χ0n) is 10.8. The van der Waals surface area contributed by atoms with Crippen LogP contribution < -0.4 is 5.32 Å². The largest absolute Gasteiger partial charge is 0.379 e. The average Bonchev–Trinajstić information content (AvgIpc) is 2.91. The van der Waals surface area contributed by atoms with Crippen molar-refractivity contribution in [3.8, 4) is 0 Å². The monoisotopic (exact) mass is 275 g/mol. The van der Waals surface area contributed by atoms with Crippen molar-refractivity contribution in [2.75, 3.05) is 11.9 Å². The molecule has 1 aromatic heterocycles. The number of aromatic nitrogens is 3. The molecule has 0 radical (unpaired) electrons. The lowest BCUT2D eigenvalue weighted by atomic mass is 10.1. The summed E-state index contributed by atoms with van der Waals surface area (Å²) in [6.07, 6.45) is 1.96. The molecule has 1 heterocycles. The van der Waals surface area contributed by atoms with Gasteiger partial charge in [0.05, 0.1) is 4.92 Å². The molecule has 0 spiro atoms. The first kappa shape index (κ1) is 13.7. The van der Waals surface area contributed by atoms with Gasteiger partial charge in [0.2, 0.25) is 0 Å². The second kappa shape index (κ2) is 5.91. The van der Waals surface area contributed by atoms with Crippen molar-refractivity contribution in [3.05, 3.63) is 46.0 Å². The van der Waals surface area contributed by atoms with Crippen molar-refractivity contribution in [1.29, 1.82) is 0 Å². The summed E-state index contributed by atoms with van der Waals surface area (Å²) in [4.78, 5) is 25.7. The fourth-order valence-electron chi connectivity index (χ4n) is 1.72. The van der Waals surface area contributed by atoms with Crippen LogP contribution in [0.5, 0.6) is 0 Å². The number of aromatic amines is 1. The van der Waals surface area contributed by atoms with Crippen molar-refractivity contribution in [3.63, 3.8) is 0 Å².